The third-order valence-electron chi connectivity index (χ3n) is 3.26. The van der Waals surface area contributed by atoms with Crippen LogP contribution < -0.4 is 5.32 Å². The van der Waals surface area contributed by atoms with E-state index in [1.165, 1.54) is 23.0 Å². The molecule has 4 nitrogen and oxygen atoms in total. The lowest BCUT2D eigenvalue weighted by molar-refractivity contribution is -0.137. The Balaban J connectivity index is 1.98. The van der Waals surface area contributed by atoms with Gasteiger partial charge in [-0.3, -0.25) is 0 Å². The van der Waals surface area contributed by atoms with Gasteiger partial charge >= 0.3 is 6.18 Å². The van der Waals surface area contributed by atoms with Crippen molar-refractivity contribution in [3.05, 3.63) is 40.7 Å². The fourth-order valence-electron chi connectivity index (χ4n) is 2.04. The minimum absolute atomic E-state index is 0.0313. The van der Waals surface area contributed by atoms with Crippen LogP contribution >= 0.6 is 11.6 Å². The number of alkyl halides is 3. The number of aromatic nitrogens is 3. The predicted molar refractivity (Wildman–Crippen MR) is 71.2 cm³/mol. The van der Waals surface area contributed by atoms with Crippen LogP contribution in [0.25, 0.3) is 5.69 Å². The zero-order valence-electron chi connectivity index (χ0n) is 10.9. The van der Waals surface area contributed by atoms with E-state index < -0.39 is 11.7 Å². The highest BCUT2D eigenvalue weighted by Crippen LogP contribution is 2.35. The van der Waals surface area contributed by atoms with E-state index in [1.54, 1.807) is 0 Å². The van der Waals surface area contributed by atoms with Crippen molar-refractivity contribution >= 4 is 11.6 Å². The van der Waals surface area contributed by atoms with Crippen LogP contribution in [0.5, 0.6) is 0 Å². The monoisotopic (exact) mass is 316 g/mol. The van der Waals surface area contributed by atoms with Gasteiger partial charge in [-0.15, -0.1) is 5.10 Å². The summed E-state index contributed by atoms with van der Waals surface area (Å²) in [5, 5.41) is 10.7. The third kappa shape index (κ3) is 3.19. The predicted octanol–water partition coefficient (Wildman–Crippen LogP) is 3.19. The average molecular weight is 317 g/mol. The Labute approximate surface area is 123 Å². The molecule has 112 valence electrons. The molecule has 1 N–H and O–H groups in total. The van der Waals surface area contributed by atoms with Crippen LogP contribution in [0.3, 0.4) is 0 Å². The molecular formula is C13H12ClF3N4. The smallest absolute Gasteiger partial charge is 0.308 e. The normalized spacial score (nSPS) is 15.4. The SMILES string of the molecule is FC(F)(F)c1cc(Cl)ccc1-n1nncc1CNC1CC1. The van der Waals surface area contributed by atoms with Crippen molar-refractivity contribution in [3.8, 4) is 5.69 Å². The number of halogens is 4. The van der Waals surface area contributed by atoms with Crippen LogP contribution in [0.4, 0.5) is 13.2 Å². The molecule has 1 fully saturated rings. The molecule has 1 aliphatic rings. The summed E-state index contributed by atoms with van der Waals surface area (Å²) >= 11 is 5.68. The molecule has 0 spiro atoms. The molecule has 0 saturated heterocycles. The molecular weight excluding hydrogens is 305 g/mol. The second kappa shape index (κ2) is 5.31. The van der Waals surface area contributed by atoms with Crippen LogP contribution in [0.2, 0.25) is 5.02 Å². The molecule has 2 aromatic rings. The maximum Gasteiger partial charge on any atom is 0.418 e. The third-order valence-corrected chi connectivity index (χ3v) is 3.50. The second-order valence-electron chi connectivity index (χ2n) is 4.95. The maximum absolute atomic E-state index is 13.1. The van der Waals surface area contributed by atoms with Gasteiger partial charge in [0.05, 0.1) is 23.1 Å². The molecule has 0 unspecified atom stereocenters. The lowest BCUT2D eigenvalue weighted by atomic mass is 10.1. The molecule has 21 heavy (non-hydrogen) atoms. The summed E-state index contributed by atoms with van der Waals surface area (Å²) in [7, 11) is 0. The van der Waals surface area contributed by atoms with E-state index in [1.807, 2.05) is 0 Å². The van der Waals surface area contributed by atoms with Crippen molar-refractivity contribution in [2.24, 2.45) is 0 Å². The van der Waals surface area contributed by atoms with Gasteiger partial charge in [0.2, 0.25) is 0 Å². The van der Waals surface area contributed by atoms with E-state index in [4.69, 9.17) is 11.6 Å². The molecule has 0 aliphatic heterocycles. The van der Waals surface area contributed by atoms with E-state index in [-0.39, 0.29) is 10.7 Å². The standard InChI is InChI=1S/C13H12ClF3N4/c14-8-1-4-12(11(5-8)13(15,16)17)21-10(7-19-20-21)6-18-9-2-3-9/h1,4-5,7,9,18H,2-3,6H2. The van der Waals surface area contributed by atoms with Gasteiger partial charge in [-0.25, -0.2) is 4.68 Å². The zero-order chi connectivity index (χ0) is 15.0. The number of rotatable bonds is 4. The summed E-state index contributed by atoms with van der Waals surface area (Å²) in [4.78, 5) is 0. The Morgan fingerprint density at radius 3 is 2.76 bits per heavy atom. The fraction of sp³-hybridized carbons (Fsp3) is 0.385. The van der Waals surface area contributed by atoms with Crippen molar-refractivity contribution in [1.82, 2.24) is 20.3 Å². The van der Waals surface area contributed by atoms with Gasteiger partial charge in [-0.1, -0.05) is 16.8 Å². The Hall–Kier alpha value is -1.60. The molecule has 0 amide bonds. The Bertz CT molecular complexity index is 649. The quantitative estimate of drug-likeness (QED) is 0.942. The van der Waals surface area contributed by atoms with Gasteiger partial charge in [0.15, 0.2) is 0 Å². The molecule has 1 aromatic carbocycles. The van der Waals surface area contributed by atoms with Gasteiger partial charge < -0.3 is 5.32 Å². The van der Waals surface area contributed by atoms with Crippen LogP contribution in [0.1, 0.15) is 24.1 Å². The maximum atomic E-state index is 13.1. The topological polar surface area (TPSA) is 42.7 Å². The average Bonchev–Trinajstić information content (AvgIpc) is 3.13. The lowest BCUT2D eigenvalue weighted by Gasteiger charge is -2.14. The molecule has 3 rings (SSSR count). The molecule has 1 heterocycles. The van der Waals surface area contributed by atoms with Crippen molar-refractivity contribution in [2.45, 2.75) is 31.6 Å². The first-order valence-corrected chi connectivity index (χ1v) is 6.83. The van der Waals surface area contributed by atoms with Gasteiger partial charge in [0.25, 0.3) is 0 Å². The lowest BCUT2D eigenvalue weighted by Crippen LogP contribution is -2.19. The first-order valence-electron chi connectivity index (χ1n) is 6.45. The van der Waals surface area contributed by atoms with Crippen LogP contribution in [0.15, 0.2) is 24.4 Å². The molecule has 8 heteroatoms. The van der Waals surface area contributed by atoms with E-state index in [0.717, 1.165) is 18.9 Å². The molecule has 1 aromatic heterocycles. The minimum atomic E-state index is -4.51. The van der Waals surface area contributed by atoms with Crippen LogP contribution in [0, 0.1) is 0 Å². The van der Waals surface area contributed by atoms with Gasteiger partial charge in [0.1, 0.15) is 0 Å². The van der Waals surface area contributed by atoms with Crippen molar-refractivity contribution in [2.75, 3.05) is 0 Å². The largest absolute Gasteiger partial charge is 0.418 e. The van der Waals surface area contributed by atoms with Crippen molar-refractivity contribution in [1.29, 1.82) is 0 Å². The summed E-state index contributed by atoms with van der Waals surface area (Å²) in [5.74, 6) is 0. The van der Waals surface area contributed by atoms with Gasteiger partial charge in [-0.2, -0.15) is 13.2 Å². The van der Waals surface area contributed by atoms with Crippen LogP contribution in [-0.4, -0.2) is 21.0 Å². The highest BCUT2D eigenvalue weighted by Gasteiger charge is 2.35. The molecule has 0 radical (unpaired) electrons. The molecule has 0 atom stereocenters. The zero-order valence-corrected chi connectivity index (χ0v) is 11.6. The van der Waals surface area contributed by atoms with Crippen molar-refractivity contribution in [3.63, 3.8) is 0 Å². The molecule has 1 aliphatic carbocycles. The van der Waals surface area contributed by atoms with Gasteiger partial charge in [-0.05, 0) is 31.0 Å². The number of hydrogen-bond acceptors (Lipinski definition) is 3. The number of nitrogens with zero attached hydrogens (tertiary/aromatic N) is 3. The summed E-state index contributed by atoms with van der Waals surface area (Å²) in [5.41, 5.74) is -0.320. The van der Waals surface area contributed by atoms with Crippen LogP contribution in [-0.2, 0) is 12.7 Å². The number of hydrogen-bond donors (Lipinski definition) is 1. The first kappa shape index (κ1) is 14.3. The van der Waals surface area contributed by atoms with Gasteiger partial charge in [0, 0.05) is 17.6 Å². The minimum Gasteiger partial charge on any atom is -0.308 e. The number of nitrogens with one attached hydrogen (secondary N) is 1. The summed E-state index contributed by atoms with van der Waals surface area (Å²) < 4.78 is 40.6. The second-order valence-corrected chi connectivity index (χ2v) is 5.39. The van der Waals surface area contributed by atoms with E-state index >= 15 is 0 Å². The highest BCUT2D eigenvalue weighted by molar-refractivity contribution is 6.30. The van der Waals surface area contributed by atoms with Crippen molar-refractivity contribution < 1.29 is 13.2 Å². The summed E-state index contributed by atoms with van der Waals surface area (Å²) in [6.45, 7) is 0.428. The Morgan fingerprint density at radius 2 is 2.10 bits per heavy atom. The molecule has 0 bridgehead atoms. The van der Waals surface area contributed by atoms with E-state index in [9.17, 15) is 13.2 Å². The summed E-state index contributed by atoms with van der Waals surface area (Å²) in [6.07, 6.45) is -0.857. The summed E-state index contributed by atoms with van der Waals surface area (Å²) in [6, 6.07) is 4.06. The Morgan fingerprint density at radius 1 is 1.33 bits per heavy atom. The van der Waals surface area contributed by atoms with E-state index in [0.29, 0.717) is 18.3 Å². The number of benzene rings is 1. The van der Waals surface area contributed by atoms with E-state index in [2.05, 4.69) is 15.6 Å². The first-order chi connectivity index (χ1) is 9.95. The molecule has 1 saturated carbocycles. The fourth-order valence-corrected chi connectivity index (χ4v) is 2.21. The highest BCUT2D eigenvalue weighted by atomic mass is 35.5. The Kier molecular flexibility index (Phi) is 3.62.